The van der Waals surface area contributed by atoms with Gasteiger partial charge in [-0.05, 0) is 49.7 Å². The van der Waals surface area contributed by atoms with E-state index in [-0.39, 0.29) is 12.1 Å². The fourth-order valence-electron chi connectivity index (χ4n) is 3.75. The van der Waals surface area contributed by atoms with Crippen LogP contribution in [0.5, 0.6) is 0 Å². The van der Waals surface area contributed by atoms with Gasteiger partial charge in [0.05, 0.1) is 6.10 Å². The lowest BCUT2D eigenvalue weighted by Crippen LogP contribution is -2.44. The number of likely N-dealkylation sites (N-methyl/N-ethyl adjacent to an activating group) is 1. The second kappa shape index (κ2) is 7.82. The van der Waals surface area contributed by atoms with Gasteiger partial charge in [-0.25, -0.2) is 4.79 Å². The Morgan fingerprint density at radius 3 is 2.96 bits per heavy atom. The summed E-state index contributed by atoms with van der Waals surface area (Å²) in [5, 5.41) is 3.11. The van der Waals surface area contributed by atoms with E-state index < -0.39 is 0 Å². The van der Waals surface area contributed by atoms with Crippen LogP contribution >= 0.6 is 0 Å². The second-order valence-corrected chi connectivity index (χ2v) is 6.84. The predicted molar refractivity (Wildman–Crippen MR) is 91.7 cm³/mol. The largest absolute Gasteiger partial charge is 0.376 e. The van der Waals surface area contributed by atoms with Gasteiger partial charge < -0.3 is 15.0 Å². The fourth-order valence-corrected chi connectivity index (χ4v) is 3.75. The van der Waals surface area contributed by atoms with Crippen molar-refractivity contribution in [3.8, 4) is 0 Å². The van der Waals surface area contributed by atoms with Crippen molar-refractivity contribution in [3.63, 3.8) is 0 Å². The lowest BCUT2D eigenvalue weighted by atomic mass is 9.83. The van der Waals surface area contributed by atoms with Crippen molar-refractivity contribution in [2.75, 3.05) is 26.7 Å². The minimum absolute atomic E-state index is 0.0160. The average molecular weight is 316 g/mol. The number of nitrogens with zero attached hydrogens (tertiary/aromatic N) is 1. The number of carbonyl (C=O) groups excluding carboxylic acids is 1. The molecule has 0 spiro atoms. The number of ether oxygens (including phenoxy) is 1. The summed E-state index contributed by atoms with van der Waals surface area (Å²) in [6, 6.07) is 8.66. The molecule has 23 heavy (non-hydrogen) atoms. The van der Waals surface area contributed by atoms with E-state index >= 15 is 0 Å². The summed E-state index contributed by atoms with van der Waals surface area (Å²) >= 11 is 0. The third-order valence-corrected chi connectivity index (χ3v) is 5.09. The van der Waals surface area contributed by atoms with Gasteiger partial charge in [-0.2, -0.15) is 0 Å². The maximum atomic E-state index is 12.3. The van der Waals surface area contributed by atoms with E-state index in [2.05, 4.69) is 29.6 Å². The van der Waals surface area contributed by atoms with Crippen LogP contribution in [0.3, 0.4) is 0 Å². The van der Waals surface area contributed by atoms with E-state index in [1.807, 2.05) is 7.05 Å². The molecule has 4 nitrogen and oxygen atoms in total. The van der Waals surface area contributed by atoms with Gasteiger partial charge in [-0.15, -0.1) is 0 Å². The molecular formula is C19H28N2O2. The lowest BCUT2D eigenvalue weighted by Gasteiger charge is -2.29. The van der Waals surface area contributed by atoms with Crippen LogP contribution in [0.25, 0.3) is 0 Å². The molecule has 2 unspecified atom stereocenters. The first kappa shape index (κ1) is 16.3. The van der Waals surface area contributed by atoms with Crippen molar-refractivity contribution in [1.29, 1.82) is 0 Å². The Labute approximate surface area is 139 Å². The molecule has 0 aromatic heterocycles. The number of amides is 2. The standard InChI is InChI=1S/C19H28N2O2/c1-21(14-17-10-4-5-12-23-17)19(22)20-13-16-9-6-8-15-7-2-3-11-18(15)16/h2-3,7,11,16-17H,4-6,8-10,12-14H2,1H3,(H,20,22). The van der Waals surface area contributed by atoms with Crippen LogP contribution in [0.15, 0.2) is 24.3 Å². The highest BCUT2D eigenvalue weighted by atomic mass is 16.5. The third kappa shape index (κ3) is 4.25. The van der Waals surface area contributed by atoms with Crippen LogP contribution in [0, 0.1) is 0 Å². The van der Waals surface area contributed by atoms with E-state index in [0.717, 1.165) is 32.4 Å². The number of hydrogen-bond acceptors (Lipinski definition) is 2. The number of rotatable bonds is 4. The summed E-state index contributed by atoms with van der Waals surface area (Å²) in [6.45, 7) is 2.25. The molecular weight excluding hydrogens is 288 g/mol. The normalized spacial score (nSPS) is 23.9. The summed E-state index contributed by atoms with van der Waals surface area (Å²) < 4.78 is 5.72. The maximum Gasteiger partial charge on any atom is 0.317 e. The number of fused-ring (bicyclic) bond motifs is 1. The predicted octanol–water partition coefficient (Wildman–Crippen LogP) is 3.32. The molecule has 126 valence electrons. The number of carbonyl (C=O) groups is 1. The van der Waals surface area contributed by atoms with Gasteiger partial charge in [-0.1, -0.05) is 24.3 Å². The van der Waals surface area contributed by atoms with Gasteiger partial charge in [-0.3, -0.25) is 0 Å². The highest BCUT2D eigenvalue weighted by Gasteiger charge is 2.22. The Hall–Kier alpha value is -1.55. The molecule has 1 N–H and O–H groups in total. The summed E-state index contributed by atoms with van der Waals surface area (Å²) in [6.07, 6.45) is 7.16. The summed E-state index contributed by atoms with van der Waals surface area (Å²) in [4.78, 5) is 14.1. The molecule has 1 aromatic carbocycles. The van der Waals surface area contributed by atoms with E-state index in [1.54, 1.807) is 4.90 Å². The van der Waals surface area contributed by atoms with Crippen LogP contribution < -0.4 is 5.32 Å². The van der Waals surface area contributed by atoms with E-state index in [1.165, 1.54) is 30.4 Å². The Morgan fingerprint density at radius 1 is 1.26 bits per heavy atom. The molecule has 1 heterocycles. The number of hydrogen-bond donors (Lipinski definition) is 1. The topological polar surface area (TPSA) is 41.6 Å². The van der Waals surface area contributed by atoms with Crippen LogP contribution in [0.1, 0.15) is 49.1 Å². The minimum Gasteiger partial charge on any atom is -0.376 e. The number of urea groups is 1. The van der Waals surface area contributed by atoms with E-state index in [0.29, 0.717) is 12.5 Å². The fraction of sp³-hybridized carbons (Fsp3) is 0.632. The maximum absolute atomic E-state index is 12.3. The van der Waals surface area contributed by atoms with Gasteiger partial charge in [0, 0.05) is 32.7 Å². The summed E-state index contributed by atoms with van der Waals surface area (Å²) in [7, 11) is 1.86. The van der Waals surface area contributed by atoms with Gasteiger partial charge in [0.25, 0.3) is 0 Å². The average Bonchev–Trinajstić information content (AvgIpc) is 2.60. The zero-order valence-corrected chi connectivity index (χ0v) is 14.1. The highest BCUT2D eigenvalue weighted by Crippen LogP contribution is 2.30. The number of aryl methyl sites for hydroxylation is 1. The molecule has 1 aliphatic carbocycles. The highest BCUT2D eigenvalue weighted by molar-refractivity contribution is 5.74. The quantitative estimate of drug-likeness (QED) is 0.926. The molecule has 3 rings (SSSR count). The van der Waals surface area contributed by atoms with Crippen molar-refractivity contribution in [2.24, 2.45) is 0 Å². The lowest BCUT2D eigenvalue weighted by molar-refractivity contribution is 0.00385. The molecule has 2 aliphatic rings. The first-order valence-electron chi connectivity index (χ1n) is 8.92. The van der Waals surface area contributed by atoms with Crippen molar-refractivity contribution in [3.05, 3.63) is 35.4 Å². The van der Waals surface area contributed by atoms with Gasteiger partial charge in [0.2, 0.25) is 0 Å². The molecule has 0 radical (unpaired) electrons. The SMILES string of the molecule is CN(CC1CCCCO1)C(=O)NCC1CCCc2ccccc21. The Morgan fingerprint density at radius 2 is 2.13 bits per heavy atom. The molecule has 2 amide bonds. The van der Waals surface area contributed by atoms with Gasteiger partial charge in [0.15, 0.2) is 0 Å². The Kier molecular flexibility index (Phi) is 5.55. The second-order valence-electron chi connectivity index (χ2n) is 6.84. The third-order valence-electron chi connectivity index (χ3n) is 5.09. The molecule has 1 aliphatic heterocycles. The van der Waals surface area contributed by atoms with Crippen molar-refractivity contribution < 1.29 is 9.53 Å². The van der Waals surface area contributed by atoms with Crippen LogP contribution in [0.2, 0.25) is 0 Å². The zero-order valence-electron chi connectivity index (χ0n) is 14.1. The van der Waals surface area contributed by atoms with E-state index in [4.69, 9.17) is 4.74 Å². The molecule has 1 fully saturated rings. The summed E-state index contributed by atoms with van der Waals surface area (Å²) in [5.41, 5.74) is 2.86. The molecule has 0 bridgehead atoms. The molecule has 0 saturated carbocycles. The van der Waals surface area contributed by atoms with Crippen molar-refractivity contribution in [2.45, 2.75) is 50.5 Å². The monoisotopic (exact) mass is 316 g/mol. The number of benzene rings is 1. The Balaban J connectivity index is 1.49. The van der Waals surface area contributed by atoms with Gasteiger partial charge in [0.1, 0.15) is 0 Å². The van der Waals surface area contributed by atoms with E-state index in [9.17, 15) is 4.79 Å². The molecule has 1 aromatic rings. The van der Waals surface area contributed by atoms with Crippen LogP contribution in [-0.4, -0.2) is 43.8 Å². The van der Waals surface area contributed by atoms with Crippen LogP contribution in [0.4, 0.5) is 4.79 Å². The molecule has 2 atom stereocenters. The molecule has 4 heteroatoms. The van der Waals surface area contributed by atoms with Crippen LogP contribution in [-0.2, 0) is 11.2 Å². The first-order chi connectivity index (χ1) is 11.2. The minimum atomic E-state index is 0.0160. The zero-order chi connectivity index (χ0) is 16.1. The summed E-state index contributed by atoms with van der Waals surface area (Å²) in [5.74, 6) is 0.447. The first-order valence-corrected chi connectivity index (χ1v) is 8.92. The smallest absolute Gasteiger partial charge is 0.317 e. The Bertz CT molecular complexity index is 526. The van der Waals surface area contributed by atoms with Gasteiger partial charge >= 0.3 is 6.03 Å². The van der Waals surface area contributed by atoms with Crippen molar-refractivity contribution in [1.82, 2.24) is 10.2 Å². The molecule has 1 saturated heterocycles. The number of nitrogens with one attached hydrogen (secondary N) is 1. The van der Waals surface area contributed by atoms with Crippen molar-refractivity contribution >= 4 is 6.03 Å².